The van der Waals surface area contributed by atoms with Gasteiger partial charge in [0.25, 0.3) is 0 Å². The van der Waals surface area contributed by atoms with E-state index in [2.05, 4.69) is 29.9 Å². The molecule has 0 radical (unpaired) electrons. The molecule has 3 aromatic rings. The Balaban J connectivity index is 1.28. The van der Waals surface area contributed by atoms with Gasteiger partial charge >= 0.3 is 6.01 Å². The van der Waals surface area contributed by atoms with Gasteiger partial charge < -0.3 is 19.4 Å². The van der Waals surface area contributed by atoms with E-state index in [4.69, 9.17) is 32.8 Å². The van der Waals surface area contributed by atoms with Crippen LogP contribution in [0.5, 0.6) is 0 Å². The number of piperidine rings is 1. The maximum Gasteiger partial charge on any atom is 0.324 e. The molecule has 156 valence electrons. The van der Waals surface area contributed by atoms with Crippen LogP contribution in [0, 0.1) is 5.41 Å². The first-order chi connectivity index (χ1) is 14.5. The van der Waals surface area contributed by atoms with Crippen LogP contribution in [0.2, 0.25) is 10.0 Å². The summed E-state index contributed by atoms with van der Waals surface area (Å²) in [6, 6.07) is 5.74. The molecule has 8 nitrogen and oxygen atoms in total. The van der Waals surface area contributed by atoms with Crippen molar-refractivity contribution in [3.63, 3.8) is 0 Å². The van der Waals surface area contributed by atoms with Crippen LogP contribution in [0.1, 0.15) is 18.7 Å². The number of aliphatic hydroxyl groups is 1. The molecule has 0 atom stereocenters. The Kier molecular flexibility index (Phi) is 5.00. The maximum atomic E-state index is 9.10. The second-order valence-electron chi connectivity index (χ2n) is 7.96. The van der Waals surface area contributed by atoms with Crippen molar-refractivity contribution in [3.05, 3.63) is 46.5 Å². The largest absolute Gasteiger partial charge is 0.388 e. The van der Waals surface area contributed by atoms with E-state index in [-0.39, 0.29) is 12.0 Å². The van der Waals surface area contributed by atoms with E-state index in [9.17, 15) is 0 Å². The Hall–Kier alpha value is -2.42. The van der Waals surface area contributed by atoms with Crippen molar-refractivity contribution >= 4 is 34.9 Å². The average Bonchev–Trinajstić information content (AvgIpc) is 3.22. The SMILES string of the molecule is OCc1ncc(N2CC3(CCCN(c4nc(-c5cc(Cl)cc(Cl)c5)no4)C3)C2)cn1. The van der Waals surface area contributed by atoms with Crippen LogP contribution >= 0.6 is 23.2 Å². The number of aromatic nitrogens is 4. The summed E-state index contributed by atoms with van der Waals surface area (Å²) in [6.07, 6.45) is 5.76. The van der Waals surface area contributed by atoms with Crippen LogP contribution in [-0.4, -0.2) is 51.4 Å². The maximum absolute atomic E-state index is 9.10. The van der Waals surface area contributed by atoms with Crippen molar-refractivity contribution in [3.8, 4) is 11.4 Å². The zero-order valence-corrected chi connectivity index (χ0v) is 17.6. The van der Waals surface area contributed by atoms with Crippen molar-refractivity contribution in [2.75, 3.05) is 36.0 Å². The Bertz CT molecular complexity index is 1030. The highest BCUT2D eigenvalue weighted by atomic mass is 35.5. The monoisotopic (exact) mass is 446 g/mol. The molecule has 1 aromatic carbocycles. The summed E-state index contributed by atoms with van der Waals surface area (Å²) in [5.41, 5.74) is 1.89. The molecule has 2 saturated heterocycles. The number of benzene rings is 1. The predicted molar refractivity (Wildman–Crippen MR) is 114 cm³/mol. The van der Waals surface area contributed by atoms with Gasteiger partial charge in [-0.25, -0.2) is 9.97 Å². The summed E-state index contributed by atoms with van der Waals surface area (Å²) in [4.78, 5) is 17.4. The Labute approximate surface area is 183 Å². The van der Waals surface area contributed by atoms with Gasteiger partial charge in [0.15, 0.2) is 5.82 Å². The predicted octanol–water partition coefficient (Wildman–Crippen LogP) is 3.43. The Morgan fingerprint density at radius 3 is 2.43 bits per heavy atom. The van der Waals surface area contributed by atoms with Crippen LogP contribution in [0.15, 0.2) is 35.1 Å². The molecular formula is C20H20Cl2N6O2. The van der Waals surface area contributed by atoms with Gasteiger partial charge in [-0.15, -0.1) is 0 Å². The zero-order valence-electron chi connectivity index (χ0n) is 16.1. The van der Waals surface area contributed by atoms with E-state index in [0.29, 0.717) is 27.7 Å². The van der Waals surface area contributed by atoms with Crippen molar-refractivity contribution in [1.29, 1.82) is 0 Å². The smallest absolute Gasteiger partial charge is 0.324 e. The molecule has 2 fully saturated rings. The molecule has 0 amide bonds. The summed E-state index contributed by atoms with van der Waals surface area (Å²) in [7, 11) is 0. The third-order valence-electron chi connectivity index (χ3n) is 5.72. The van der Waals surface area contributed by atoms with E-state index in [0.717, 1.165) is 50.3 Å². The first-order valence-electron chi connectivity index (χ1n) is 9.75. The molecule has 0 aliphatic carbocycles. The second kappa shape index (κ2) is 7.68. The van der Waals surface area contributed by atoms with E-state index in [1.54, 1.807) is 30.6 Å². The van der Waals surface area contributed by atoms with E-state index in [1.165, 1.54) is 0 Å². The molecule has 1 spiro atoms. The van der Waals surface area contributed by atoms with Gasteiger partial charge in [-0.05, 0) is 31.0 Å². The van der Waals surface area contributed by atoms with Gasteiger partial charge in [-0.3, -0.25) is 0 Å². The number of nitrogens with zero attached hydrogens (tertiary/aromatic N) is 6. The molecule has 2 aliphatic rings. The van der Waals surface area contributed by atoms with Crippen LogP contribution < -0.4 is 9.80 Å². The van der Waals surface area contributed by atoms with Crippen LogP contribution in [-0.2, 0) is 6.61 Å². The van der Waals surface area contributed by atoms with Crippen LogP contribution in [0.3, 0.4) is 0 Å². The average molecular weight is 447 g/mol. The molecule has 4 heterocycles. The summed E-state index contributed by atoms with van der Waals surface area (Å²) in [6.45, 7) is 3.45. The van der Waals surface area contributed by atoms with Crippen molar-refractivity contribution in [2.45, 2.75) is 19.4 Å². The minimum atomic E-state index is -0.146. The molecule has 30 heavy (non-hydrogen) atoms. The minimum Gasteiger partial charge on any atom is -0.388 e. The fraction of sp³-hybridized carbons (Fsp3) is 0.400. The zero-order chi connectivity index (χ0) is 20.7. The van der Waals surface area contributed by atoms with E-state index < -0.39 is 0 Å². The number of hydrogen-bond acceptors (Lipinski definition) is 8. The Morgan fingerprint density at radius 2 is 1.73 bits per heavy atom. The summed E-state index contributed by atoms with van der Waals surface area (Å²) in [5, 5.41) is 14.3. The molecular weight excluding hydrogens is 427 g/mol. The van der Waals surface area contributed by atoms with Gasteiger partial charge in [0.05, 0.1) is 18.1 Å². The number of aliphatic hydroxyl groups excluding tert-OH is 1. The molecule has 0 saturated carbocycles. The standard InChI is InChI=1S/C20H20Cl2N6O2/c21-14-4-13(5-15(22)6-14)18-25-19(30-26-18)27-3-1-2-20(10-27)11-28(12-20)16-7-23-17(9-29)24-8-16/h4-8,29H,1-3,9-12H2. The fourth-order valence-electron chi connectivity index (χ4n) is 4.31. The number of rotatable bonds is 4. The van der Waals surface area contributed by atoms with Crippen molar-refractivity contribution in [1.82, 2.24) is 20.1 Å². The quantitative estimate of drug-likeness (QED) is 0.651. The number of halogens is 2. The summed E-state index contributed by atoms with van der Waals surface area (Å²) >= 11 is 12.2. The highest BCUT2D eigenvalue weighted by Gasteiger charge is 2.46. The van der Waals surface area contributed by atoms with Gasteiger partial charge in [0.1, 0.15) is 6.61 Å². The molecule has 0 bridgehead atoms. The second-order valence-corrected chi connectivity index (χ2v) is 8.83. The first-order valence-corrected chi connectivity index (χ1v) is 10.5. The lowest BCUT2D eigenvalue weighted by atomic mass is 9.73. The normalized spacial score (nSPS) is 18.0. The summed E-state index contributed by atoms with van der Waals surface area (Å²) in [5.74, 6) is 0.913. The van der Waals surface area contributed by atoms with Gasteiger partial charge in [-0.1, -0.05) is 28.4 Å². The van der Waals surface area contributed by atoms with Crippen molar-refractivity contribution < 1.29 is 9.63 Å². The molecule has 0 unspecified atom stereocenters. The number of hydrogen-bond donors (Lipinski definition) is 1. The molecule has 10 heteroatoms. The summed E-state index contributed by atoms with van der Waals surface area (Å²) < 4.78 is 5.56. The third kappa shape index (κ3) is 3.71. The lowest BCUT2D eigenvalue weighted by Crippen LogP contribution is -2.63. The lowest BCUT2D eigenvalue weighted by Gasteiger charge is -2.55. The minimum absolute atomic E-state index is 0.146. The molecule has 2 aromatic heterocycles. The highest BCUT2D eigenvalue weighted by molar-refractivity contribution is 6.35. The van der Waals surface area contributed by atoms with Gasteiger partial charge in [-0.2, -0.15) is 4.98 Å². The molecule has 2 aliphatic heterocycles. The van der Waals surface area contributed by atoms with Gasteiger partial charge in [0.2, 0.25) is 5.82 Å². The van der Waals surface area contributed by atoms with E-state index in [1.807, 2.05) is 0 Å². The molecule has 1 N–H and O–H groups in total. The number of anilines is 2. The lowest BCUT2D eigenvalue weighted by molar-refractivity contribution is 0.169. The molecule has 5 rings (SSSR count). The highest BCUT2D eigenvalue weighted by Crippen LogP contribution is 2.42. The third-order valence-corrected chi connectivity index (χ3v) is 6.16. The van der Waals surface area contributed by atoms with Crippen LogP contribution in [0.4, 0.5) is 11.7 Å². The Morgan fingerprint density at radius 1 is 1.03 bits per heavy atom. The first kappa shape index (κ1) is 19.5. The topological polar surface area (TPSA) is 91.4 Å². The van der Waals surface area contributed by atoms with Crippen molar-refractivity contribution in [2.24, 2.45) is 5.41 Å². The van der Waals surface area contributed by atoms with Gasteiger partial charge in [0, 0.05) is 47.2 Å². The van der Waals surface area contributed by atoms with Crippen LogP contribution in [0.25, 0.3) is 11.4 Å². The van der Waals surface area contributed by atoms with E-state index >= 15 is 0 Å². The fourth-order valence-corrected chi connectivity index (χ4v) is 4.84.